The van der Waals surface area contributed by atoms with Crippen molar-refractivity contribution in [1.29, 1.82) is 0 Å². The van der Waals surface area contributed by atoms with Crippen LogP contribution in [0.25, 0.3) is 22.4 Å². The number of nitrogen functional groups attached to an aromatic ring is 1. The molecule has 7 heteroatoms. The van der Waals surface area contributed by atoms with Gasteiger partial charge in [0.2, 0.25) is 5.95 Å². The zero-order valence-corrected chi connectivity index (χ0v) is 15.7. The van der Waals surface area contributed by atoms with Gasteiger partial charge in [0, 0.05) is 36.3 Å². The van der Waals surface area contributed by atoms with E-state index < -0.39 is 0 Å². The van der Waals surface area contributed by atoms with Crippen LogP contribution in [0, 0.1) is 0 Å². The smallest absolute Gasteiger partial charge is 0.221 e. The van der Waals surface area contributed by atoms with Crippen LogP contribution in [-0.2, 0) is 0 Å². The van der Waals surface area contributed by atoms with E-state index in [0.29, 0.717) is 5.82 Å². The zero-order chi connectivity index (χ0) is 19.3. The van der Waals surface area contributed by atoms with Gasteiger partial charge in [-0.3, -0.25) is 4.98 Å². The first-order chi connectivity index (χ1) is 13.7. The van der Waals surface area contributed by atoms with E-state index in [9.17, 15) is 0 Å². The number of nitrogens with one attached hydrogen (secondary N) is 2. The Kier molecular flexibility index (Phi) is 5.16. The number of benzene rings is 1. The summed E-state index contributed by atoms with van der Waals surface area (Å²) >= 11 is 0. The second-order valence-electron chi connectivity index (χ2n) is 6.54. The van der Waals surface area contributed by atoms with E-state index in [4.69, 9.17) is 5.73 Å². The highest BCUT2D eigenvalue weighted by Gasteiger charge is 2.20. The Morgan fingerprint density at radius 2 is 2.07 bits per heavy atom. The van der Waals surface area contributed by atoms with E-state index >= 15 is 0 Å². The van der Waals surface area contributed by atoms with Crippen molar-refractivity contribution in [2.45, 2.75) is 19.5 Å². The van der Waals surface area contributed by atoms with Crippen molar-refractivity contribution in [1.82, 2.24) is 25.4 Å². The van der Waals surface area contributed by atoms with E-state index in [0.717, 1.165) is 35.3 Å². The predicted molar refractivity (Wildman–Crippen MR) is 112 cm³/mol. The van der Waals surface area contributed by atoms with Crippen LogP contribution in [0.4, 0.5) is 11.8 Å². The fraction of sp³-hybridized carbons (Fsp3) is 0.190. The Morgan fingerprint density at radius 1 is 1.18 bits per heavy atom. The third-order valence-electron chi connectivity index (χ3n) is 4.67. The fourth-order valence-corrected chi connectivity index (χ4v) is 3.24. The number of nitrogens with zero attached hydrogens (tertiary/aromatic N) is 4. The van der Waals surface area contributed by atoms with Crippen molar-refractivity contribution in [3.05, 3.63) is 67.1 Å². The van der Waals surface area contributed by atoms with Crippen molar-refractivity contribution < 1.29 is 0 Å². The molecule has 7 nitrogen and oxygen atoms in total. The lowest BCUT2D eigenvalue weighted by atomic mass is 10.0. The average Bonchev–Trinajstić information content (AvgIpc) is 3.27. The summed E-state index contributed by atoms with van der Waals surface area (Å²) in [6.45, 7) is 2.96. The summed E-state index contributed by atoms with van der Waals surface area (Å²) in [5.74, 6) is 0.959. The van der Waals surface area contributed by atoms with Gasteiger partial charge in [0.15, 0.2) is 0 Å². The van der Waals surface area contributed by atoms with Gasteiger partial charge in [-0.15, -0.1) is 0 Å². The molecule has 1 atom stereocenters. The molecule has 3 aromatic rings. The number of rotatable bonds is 6. The van der Waals surface area contributed by atoms with Gasteiger partial charge in [0.05, 0.1) is 11.9 Å². The Bertz CT molecular complexity index is 963. The molecule has 0 radical (unpaired) electrons. The largest absolute Gasteiger partial charge is 0.368 e. The molecular formula is C21H23N7. The van der Waals surface area contributed by atoms with Crippen LogP contribution in [0.15, 0.2) is 67.1 Å². The van der Waals surface area contributed by atoms with Gasteiger partial charge in [-0.1, -0.05) is 37.3 Å². The lowest BCUT2D eigenvalue weighted by Gasteiger charge is -2.28. The minimum absolute atomic E-state index is 0.0713. The number of nitrogens with two attached hydrogens (primary N) is 1. The summed E-state index contributed by atoms with van der Waals surface area (Å²) in [4.78, 5) is 13.1. The van der Waals surface area contributed by atoms with Crippen LogP contribution in [0.1, 0.15) is 13.3 Å². The standard InChI is InChI=1S/C21H23N7/c1-2-19(28-12-6-11-25-28)26-20-17(14-24-21(22)27-20)15-7-5-8-16(13-15)18-9-3-4-10-23-18/h3-11,13-14,19,25H,2,12H2,1H3,(H3,22,24,26,27). The quantitative estimate of drug-likeness (QED) is 0.611. The molecule has 1 unspecified atom stereocenters. The fourth-order valence-electron chi connectivity index (χ4n) is 3.24. The molecule has 0 aliphatic carbocycles. The number of hydrogen-bond acceptors (Lipinski definition) is 7. The molecule has 142 valence electrons. The first kappa shape index (κ1) is 17.9. The number of pyridine rings is 1. The van der Waals surface area contributed by atoms with Crippen LogP contribution >= 0.6 is 0 Å². The molecule has 1 aliphatic rings. The van der Waals surface area contributed by atoms with Crippen molar-refractivity contribution in [3.8, 4) is 22.4 Å². The van der Waals surface area contributed by atoms with E-state index in [-0.39, 0.29) is 12.1 Å². The highest BCUT2D eigenvalue weighted by Crippen LogP contribution is 2.30. The summed E-state index contributed by atoms with van der Waals surface area (Å²) < 4.78 is 0. The molecular weight excluding hydrogens is 350 g/mol. The summed E-state index contributed by atoms with van der Waals surface area (Å²) in [7, 11) is 0. The van der Waals surface area contributed by atoms with Gasteiger partial charge < -0.3 is 16.5 Å². The first-order valence-corrected chi connectivity index (χ1v) is 9.33. The minimum atomic E-state index is 0.0713. The van der Waals surface area contributed by atoms with Gasteiger partial charge in [-0.25, -0.2) is 4.98 Å². The minimum Gasteiger partial charge on any atom is -0.368 e. The Morgan fingerprint density at radius 3 is 2.82 bits per heavy atom. The Balaban J connectivity index is 1.68. The lowest BCUT2D eigenvalue weighted by Crippen LogP contribution is -2.44. The molecule has 0 spiro atoms. The van der Waals surface area contributed by atoms with Gasteiger partial charge in [0.25, 0.3) is 0 Å². The highest BCUT2D eigenvalue weighted by atomic mass is 15.6. The maximum atomic E-state index is 5.88. The normalized spacial score (nSPS) is 14.6. The zero-order valence-electron chi connectivity index (χ0n) is 15.7. The number of hydrazine groups is 1. The molecule has 0 fully saturated rings. The first-order valence-electron chi connectivity index (χ1n) is 9.33. The molecule has 1 aliphatic heterocycles. The summed E-state index contributed by atoms with van der Waals surface area (Å²) in [5, 5.41) is 5.63. The van der Waals surface area contributed by atoms with Crippen LogP contribution in [0.5, 0.6) is 0 Å². The maximum Gasteiger partial charge on any atom is 0.221 e. The maximum absolute atomic E-state index is 5.88. The molecule has 3 heterocycles. The number of anilines is 2. The van der Waals surface area contributed by atoms with E-state index in [1.165, 1.54) is 0 Å². The summed E-state index contributed by atoms with van der Waals surface area (Å²) in [6, 6.07) is 14.1. The third-order valence-corrected chi connectivity index (χ3v) is 4.67. The molecule has 4 N–H and O–H groups in total. The monoisotopic (exact) mass is 373 g/mol. The topological polar surface area (TPSA) is 92.0 Å². The van der Waals surface area contributed by atoms with Crippen LogP contribution < -0.4 is 16.5 Å². The molecule has 0 saturated carbocycles. The van der Waals surface area contributed by atoms with Crippen molar-refractivity contribution in [2.75, 3.05) is 17.6 Å². The van der Waals surface area contributed by atoms with E-state index in [1.807, 2.05) is 42.6 Å². The Hall–Kier alpha value is -3.45. The predicted octanol–water partition coefficient (Wildman–Crippen LogP) is 3.27. The van der Waals surface area contributed by atoms with Gasteiger partial charge in [0.1, 0.15) is 5.82 Å². The Labute approximate surface area is 164 Å². The molecule has 4 rings (SSSR count). The molecule has 0 amide bonds. The van der Waals surface area contributed by atoms with E-state index in [2.05, 4.69) is 49.8 Å². The van der Waals surface area contributed by atoms with Gasteiger partial charge >= 0.3 is 0 Å². The van der Waals surface area contributed by atoms with Crippen molar-refractivity contribution in [2.24, 2.45) is 0 Å². The highest BCUT2D eigenvalue weighted by molar-refractivity contribution is 5.78. The SMILES string of the molecule is CCC(Nc1nc(N)ncc1-c1cccc(-c2ccccn2)c1)N1CC=CN1. The van der Waals surface area contributed by atoms with Crippen LogP contribution in [-0.4, -0.2) is 32.7 Å². The van der Waals surface area contributed by atoms with Crippen molar-refractivity contribution >= 4 is 11.8 Å². The third kappa shape index (κ3) is 3.79. The molecule has 2 aromatic heterocycles. The van der Waals surface area contributed by atoms with Gasteiger partial charge in [-0.2, -0.15) is 9.99 Å². The number of aromatic nitrogens is 3. The van der Waals surface area contributed by atoms with Crippen LogP contribution in [0.2, 0.25) is 0 Å². The lowest BCUT2D eigenvalue weighted by molar-refractivity contribution is 0.199. The number of hydrogen-bond donors (Lipinski definition) is 3. The molecule has 0 bridgehead atoms. The second-order valence-corrected chi connectivity index (χ2v) is 6.54. The van der Waals surface area contributed by atoms with Crippen molar-refractivity contribution in [3.63, 3.8) is 0 Å². The molecule has 28 heavy (non-hydrogen) atoms. The average molecular weight is 373 g/mol. The molecule has 0 saturated heterocycles. The summed E-state index contributed by atoms with van der Waals surface area (Å²) in [6.07, 6.45) is 8.55. The van der Waals surface area contributed by atoms with E-state index in [1.54, 1.807) is 12.4 Å². The molecule has 1 aromatic carbocycles. The summed E-state index contributed by atoms with van der Waals surface area (Å²) in [5.41, 5.74) is 13.0. The van der Waals surface area contributed by atoms with Crippen LogP contribution in [0.3, 0.4) is 0 Å². The van der Waals surface area contributed by atoms with Gasteiger partial charge in [-0.05, 0) is 30.2 Å². The second kappa shape index (κ2) is 8.06.